The van der Waals surface area contributed by atoms with Crippen LogP contribution in [-0.4, -0.2) is 48.1 Å². The molecule has 25 heavy (non-hydrogen) atoms. The van der Waals surface area contributed by atoms with Gasteiger partial charge in [0.2, 0.25) is 0 Å². The summed E-state index contributed by atoms with van der Waals surface area (Å²) in [5, 5.41) is 10.1. The number of guanidine groups is 1. The highest BCUT2D eigenvalue weighted by Gasteiger charge is 2.20. The zero-order chi connectivity index (χ0) is 17.4. The van der Waals surface area contributed by atoms with Crippen molar-refractivity contribution >= 4 is 41.3 Å². The highest BCUT2D eigenvalue weighted by molar-refractivity contribution is 14.0. The SMILES string of the molecule is CCNC(=NCc1nc(C(C)C)cs1)NCC1CCCCN1CC.I. The van der Waals surface area contributed by atoms with Crippen LogP contribution in [0.2, 0.25) is 0 Å². The van der Waals surface area contributed by atoms with Crippen molar-refractivity contribution in [1.82, 2.24) is 20.5 Å². The number of hydrogen-bond acceptors (Lipinski definition) is 4. The van der Waals surface area contributed by atoms with Gasteiger partial charge >= 0.3 is 0 Å². The van der Waals surface area contributed by atoms with Crippen LogP contribution in [0.1, 0.15) is 63.6 Å². The fourth-order valence-corrected chi connectivity index (χ4v) is 3.95. The van der Waals surface area contributed by atoms with Crippen molar-refractivity contribution in [3.05, 3.63) is 16.1 Å². The van der Waals surface area contributed by atoms with Gasteiger partial charge in [0.25, 0.3) is 0 Å². The normalized spacial score (nSPS) is 18.9. The van der Waals surface area contributed by atoms with Gasteiger partial charge in [0, 0.05) is 24.5 Å². The first-order valence-corrected chi connectivity index (χ1v) is 10.2. The van der Waals surface area contributed by atoms with E-state index in [1.54, 1.807) is 11.3 Å². The van der Waals surface area contributed by atoms with E-state index in [9.17, 15) is 0 Å². The molecule has 1 aromatic rings. The number of nitrogens with zero attached hydrogens (tertiary/aromatic N) is 3. The predicted octanol–water partition coefficient (Wildman–Crippen LogP) is 3.81. The summed E-state index contributed by atoms with van der Waals surface area (Å²) in [5.41, 5.74) is 1.17. The maximum absolute atomic E-state index is 4.72. The molecule has 1 fully saturated rings. The third-order valence-electron chi connectivity index (χ3n) is 4.54. The molecule has 1 unspecified atom stereocenters. The average Bonchev–Trinajstić information content (AvgIpc) is 3.07. The molecule has 7 heteroatoms. The van der Waals surface area contributed by atoms with E-state index in [2.05, 4.69) is 53.6 Å². The van der Waals surface area contributed by atoms with Gasteiger partial charge in [-0.2, -0.15) is 0 Å². The molecular weight excluding hydrogens is 445 g/mol. The van der Waals surface area contributed by atoms with Crippen molar-refractivity contribution < 1.29 is 0 Å². The van der Waals surface area contributed by atoms with Crippen LogP contribution in [-0.2, 0) is 6.54 Å². The van der Waals surface area contributed by atoms with Gasteiger partial charge in [-0.15, -0.1) is 35.3 Å². The maximum atomic E-state index is 4.72. The Labute approximate surface area is 174 Å². The quantitative estimate of drug-likeness (QED) is 0.355. The van der Waals surface area contributed by atoms with Crippen molar-refractivity contribution in [2.24, 2.45) is 4.99 Å². The van der Waals surface area contributed by atoms with E-state index in [1.807, 2.05) is 0 Å². The molecule has 1 aromatic heterocycles. The minimum absolute atomic E-state index is 0. The second-order valence-electron chi connectivity index (χ2n) is 6.68. The monoisotopic (exact) mass is 479 g/mol. The molecule has 0 amide bonds. The van der Waals surface area contributed by atoms with Gasteiger partial charge in [-0.25, -0.2) is 9.98 Å². The molecule has 1 aliphatic heterocycles. The van der Waals surface area contributed by atoms with E-state index in [0.717, 1.165) is 30.6 Å². The van der Waals surface area contributed by atoms with Gasteiger partial charge < -0.3 is 10.6 Å². The van der Waals surface area contributed by atoms with Crippen molar-refractivity contribution in [3.8, 4) is 0 Å². The summed E-state index contributed by atoms with van der Waals surface area (Å²) >= 11 is 1.71. The molecule has 1 saturated heterocycles. The van der Waals surface area contributed by atoms with Gasteiger partial charge in [0.15, 0.2) is 5.96 Å². The second-order valence-corrected chi connectivity index (χ2v) is 7.62. The third-order valence-corrected chi connectivity index (χ3v) is 5.39. The van der Waals surface area contributed by atoms with E-state index in [1.165, 1.54) is 31.5 Å². The average molecular weight is 479 g/mol. The standard InChI is InChI=1S/C18H33N5S.HI/c1-5-19-18(20-11-15-9-7-8-10-23(15)6-2)21-12-17-22-16(13-24-17)14(3)4;/h13-15H,5-12H2,1-4H3,(H2,19,20,21);1H. The van der Waals surface area contributed by atoms with E-state index in [0.29, 0.717) is 18.5 Å². The molecule has 2 rings (SSSR count). The lowest BCUT2D eigenvalue weighted by Gasteiger charge is -2.35. The Balaban J connectivity index is 0.00000312. The summed E-state index contributed by atoms with van der Waals surface area (Å²) in [6.45, 7) is 13.6. The largest absolute Gasteiger partial charge is 0.357 e. The number of nitrogens with one attached hydrogen (secondary N) is 2. The van der Waals surface area contributed by atoms with E-state index in [-0.39, 0.29) is 24.0 Å². The van der Waals surface area contributed by atoms with Gasteiger partial charge in [0.1, 0.15) is 5.01 Å². The van der Waals surface area contributed by atoms with Crippen molar-refractivity contribution in [1.29, 1.82) is 0 Å². The fraction of sp³-hybridized carbons (Fsp3) is 0.778. The number of piperidine rings is 1. The number of thiazole rings is 1. The lowest BCUT2D eigenvalue weighted by Crippen LogP contribution is -2.49. The number of halogens is 1. The Hall–Kier alpha value is -0.410. The number of likely N-dealkylation sites (tertiary alicyclic amines) is 1. The van der Waals surface area contributed by atoms with Gasteiger partial charge in [-0.05, 0) is 38.8 Å². The predicted molar refractivity (Wildman–Crippen MR) is 119 cm³/mol. The summed E-state index contributed by atoms with van der Waals surface area (Å²) in [6, 6.07) is 0.625. The highest BCUT2D eigenvalue weighted by atomic mass is 127. The summed E-state index contributed by atoms with van der Waals surface area (Å²) in [5.74, 6) is 1.39. The van der Waals surface area contributed by atoms with Crippen molar-refractivity contribution in [2.45, 2.75) is 65.5 Å². The molecule has 1 aliphatic rings. The lowest BCUT2D eigenvalue weighted by atomic mass is 10.0. The highest BCUT2D eigenvalue weighted by Crippen LogP contribution is 2.18. The molecular formula is C18H34IN5S. The van der Waals surface area contributed by atoms with Gasteiger partial charge in [-0.1, -0.05) is 27.2 Å². The molecule has 0 aliphatic carbocycles. The first-order valence-electron chi connectivity index (χ1n) is 9.34. The molecule has 2 heterocycles. The van der Waals surface area contributed by atoms with Crippen LogP contribution in [0.15, 0.2) is 10.4 Å². The van der Waals surface area contributed by atoms with Crippen LogP contribution >= 0.6 is 35.3 Å². The minimum atomic E-state index is 0. The van der Waals surface area contributed by atoms with Crippen LogP contribution in [0, 0.1) is 0 Å². The number of hydrogen-bond donors (Lipinski definition) is 2. The topological polar surface area (TPSA) is 52.6 Å². The molecule has 0 radical (unpaired) electrons. The van der Waals surface area contributed by atoms with Crippen LogP contribution in [0.25, 0.3) is 0 Å². The molecule has 144 valence electrons. The molecule has 0 bridgehead atoms. The van der Waals surface area contributed by atoms with Crippen LogP contribution in [0.4, 0.5) is 0 Å². The summed E-state index contributed by atoms with van der Waals surface area (Å²) in [7, 11) is 0. The van der Waals surface area contributed by atoms with Crippen LogP contribution < -0.4 is 10.6 Å². The van der Waals surface area contributed by atoms with Crippen LogP contribution in [0.3, 0.4) is 0 Å². The molecule has 1 atom stereocenters. The zero-order valence-electron chi connectivity index (χ0n) is 16.0. The Morgan fingerprint density at radius 2 is 2.16 bits per heavy atom. The number of rotatable bonds is 7. The second kappa shape index (κ2) is 12.1. The van der Waals surface area contributed by atoms with Crippen LogP contribution in [0.5, 0.6) is 0 Å². The summed E-state index contributed by atoms with van der Waals surface area (Å²) in [4.78, 5) is 12.0. The first kappa shape index (κ1) is 22.6. The zero-order valence-corrected chi connectivity index (χ0v) is 19.2. The van der Waals surface area contributed by atoms with Gasteiger partial charge in [0.05, 0.1) is 12.2 Å². The molecule has 5 nitrogen and oxygen atoms in total. The Morgan fingerprint density at radius 3 is 2.80 bits per heavy atom. The third kappa shape index (κ3) is 7.38. The van der Waals surface area contributed by atoms with Crippen molar-refractivity contribution in [3.63, 3.8) is 0 Å². The van der Waals surface area contributed by atoms with Crippen molar-refractivity contribution in [2.75, 3.05) is 26.2 Å². The lowest BCUT2D eigenvalue weighted by molar-refractivity contribution is 0.157. The van der Waals surface area contributed by atoms with E-state index < -0.39 is 0 Å². The van der Waals surface area contributed by atoms with E-state index >= 15 is 0 Å². The Kier molecular flexibility index (Phi) is 10.9. The Bertz CT molecular complexity index is 517. The van der Waals surface area contributed by atoms with E-state index in [4.69, 9.17) is 4.99 Å². The number of aliphatic imine (C=N–C) groups is 1. The molecule has 2 N–H and O–H groups in total. The minimum Gasteiger partial charge on any atom is -0.357 e. The number of likely N-dealkylation sites (N-methyl/N-ethyl adjacent to an activating group) is 1. The van der Waals surface area contributed by atoms with Gasteiger partial charge in [-0.3, -0.25) is 4.90 Å². The first-order chi connectivity index (χ1) is 11.6. The molecule has 0 aromatic carbocycles. The smallest absolute Gasteiger partial charge is 0.191 e. The molecule has 0 spiro atoms. The summed E-state index contributed by atoms with van der Waals surface area (Å²) < 4.78 is 0. The number of aromatic nitrogens is 1. The fourth-order valence-electron chi connectivity index (χ4n) is 3.07. The maximum Gasteiger partial charge on any atom is 0.191 e. The Morgan fingerprint density at radius 1 is 1.36 bits per heavy atom. The molecule has 0 saturated carbocycles. The summed E-state index contributed by atoms with van der Waals surface area (Å²) in [6.07, 6.45) is 3.96.